The van der Waals surface area contributed by atoms with E-state index in [0.29, 0.717) is 10.7 Å². The Morgan fingerprint density at radius 3 is 2.70 bits per heavy atom. The first-order chi connectivity index (χ1) is 9.58. The molecule has 0 unspecified atom stereocenters. The van der Waals surface area contributed by atoms with Gasteiger partial charge in [0.25, 0.3) is 5.69 Å². The van der Waals surface area contributed by atoms with Gasteiger partial charge in [-0.2, -0.15) is 0 Å². The summed E-state index contributed by atoms with van der Waals surface area (Å²) in [6.07, 6.45) is 0. The van der Waals surface area contributed by atoms with Gasteiger partial charge in [-0.25, -0.2) is 4.98 Å². The second kappa shape index (κ2) is 4.61. The van der Waals surface area contributed by atoms with Crippen molar-refractivity contribution in [3.63, 3.8) is 0 Å². The van der Waals surface area contributed by atoms with E-state index in [0.717, 1.165) is 16.9 Å². The number of imidazole rings is 1. The number of hydrogen-bond donors (Lipinski definition) is 0. The Bertz CT molecular complexity index is 826. The Morgan fingerprint density at radius 1 is 1.25 bits per heavy atom. The fourth-order valence-corrected chi connectivity index (χ4v) is 2.50. The molecule has 0 aliphatic rings. The maximum Gasteiger partial charge on any atom is 0.271 e. The van der Waals surface area contributed by atoms with Gasteiger partial charge in [0.1, 0.15) is 5.82 Å². The molecule has 0 spiro atoms. The number of non-ortho nitro benzene ring substituents is 1. The number of fused-ring (bicyclic) bond motifs is 1. The normalized spacial score (nSPS) is 10.9. The highest BCUT2D eigenvalue weighted by atomic mass is 35.5. The van der Waals surface area contributed by atoms with Crippen LogP contribution in [0.5, 0.6) is 0 Å². The van der Waals surface area contributed by atoms with Gasteiger partial charge in [0.05, 0.1) is 26.7 Å². The lowest BCUT2D eigenvalue weighted by atomic mass is 10.2. The zero-order valence-corrected chi connectivity index (χ0v) is 11.3. The number of nitrogens with zero attached hydrogens (tertiary/aromatic N) is 3. The highest BCUT2D eigenvalue weighted by molar-refractivity contribution is 6.32. The molecule has 5 nitrogen and oxygen atoms in total. The van der Waals surface area contributed by atoms with Crippen molar-refractivity contribution in [2.75, 3.05) is 0 Å². The van der Waals surface area contributed by atoms with Crippen molar-refractivity contribution in [2.24, 2.45) is 0 Å². The van der Waals surface area contributed by atoms with Crippen LogP contribution in [0.4, 0.5) is 5.69 Å². The number of aromatic nitrogens is 2. The number of hydrogen-bond acceptors (Lipinski definition) is 3. The molecule has 0 aliphatic carbocycles. The molecule has 3 rings (SSSR count). The summed E-state index contributed by atoms with van der Waals surface area (Å²) in [5, 5.41) is 11.1. The van der Waals surface area contributed by atoms with E-state index in [4.69, 9.17) is 11.6 Å². The fraction of sp³-hybridized carbons (Fsp3) is 0.0714. The van der Waals surface area contributed by atoms with Gasteiger partial charge in [-0.3, -0.25) is 14.7 Å². The summed E-state index contributed by atoms with van der Waals surface area (Å²) in [6.45, 7) is 1.87. The predicted molar refractivity (Wildman–Crippen MR) is 77.5 cm³/mol. The van der Waals surface area contributed by atoms with E-state index >= 15 is 0 Å². The van der Waals surface area contributed by atoms with Gasteiger partial charge in [-0.1, -0.05) is 23.7 Å². The highest BCUT2D eigenvalue weighted by Gasteiger charge is 2.14. The molecule has 0 amide bonds. The van der Waals surface area contributed by atoms with Crippen LogP contribution in [0.2, 0.25) is 5.02 Å². The smallest absolute Gasteiger partial charge is 0.271 e. The van der Waals surface area contributed by atoms with Crippen LogP contribution < -0.4 is 0 Å². The molecule has 0 N–H and O–H groups in total. The summed E-state index contributed by atoms with van der Waals surface area (Å²) >= 11 is 6.18. The van der Waals surface area contributed by atoms with Gasteiger partial charge in [0.2, 0.25) is 0 Å². The van der Waals surface area contributed by atoms with Crippen molar-refractivity contribution in [3.05, 3.63) is 63.4 Å². The summed E-state index contributed by atoms with van der Waals surface area (Å²) in [5.41, 5.74) is 2.43. The molecule has 1 heterocycles. The van der Waals surface area contributed by atoms with Crippen LogP contribution in [-0.2, 0) is 0 Å². The fourth-order valence-electron chi connectivity index (χ4n) is 2.24. The maximum absolute atomic E-state index is 10.8. The van der Waals surface area contributed by atoms with E-state index in [1.54, 1.807) is 6.07 Å². The standard InChI is InChI=1S/C14H10ClN3O2/c1-9-16-12-4-2-3-5-14(12)17(9)13-7-6-10(18(19)20)8-11(13)15/h2-8H,1H3. The molecule has 20 heavy (non-hydrogen) atoms. The summed E-state index contributed by atoms with van der Waals surface area (Å²) in [5.74, 6) is 0.780. The molecular formula is C14H10ClN3O2. The average molecular weight is 288 g/mol. The molecule has 6 heteroatoms. The molecule has 3 aromatic rings. The first kappa shape index (κ1) is 12.6. The van der Waals surface area contributed by atoms with Crippen LogP contribution in [0.1, 0.15) is 5.82 Å². The van der Waals surface area contributed by atoms with E-state index in [1.165, 1.54) is 12.1 Å². The topological polar surface area (TPSA) is 61.0 Å². The minimum Gasteiger partial charge on any atom is -0.295 e. The van der Waals surface area contributed by atoms with Crippen LogP contribution in [0.25, 0.3) is 16.7 Å². The van der Waals surface area contributed by atoms with Gasteiger partial charge in [0.15, 0.2) is 0 Å². The third-order valence-corrected chi connectivity index (χ3v) is 3.41. The predicted octanol–water partition coefficient (Wildman–Crippen LogP) is 3.90. The van der Waals surface area contributed by atoms with E-state index in [1.807, 2.05) is 35.8 Å². The number of nitro groups is 1. The molecule has 100 valence electrons. The number of nitro benzene ring substituents is 1. The second-order valence-corrected chi connectivity index (χ2v) is 4.78. The van der Waals surface area contributed by atoms with Gasteiger partial charge in [-0.15, -0.1) is 0 Å². The van der Waals surface area contributed by atoms with Crippen LogP contribution in [0, 0.1) is 17.0 Å². The zero-order valence-electron chi connectivity index (χ0n) is 10.6. The lowest BCUT2D eigenvalue weighted by Crippen LogP contribution is -1.98. The molecule has 0 atom stereocenters. The highest BCUT2D eigenvalue weighted by Crippen LogP contribution is 2.29. The number of aryl methyl sites for hydroxylation is 1. The quantitative estimate of drug-likeness (QED) is 0.530. The van der Waals surface area contributed by atoms with E-state index in [-0.39, 0.29) is 5.69 Å². The molecule has 0 saturated carbocycles. The second-order valence-electron chi connectivity index (χ2n) is 4.38. The van der Waals surface area contributed by atoms with Gasteiger partial charge in [-0.05, 0) is 25.1 Å². The van der Waals surface area contributed by atoms with Crippen molar-refractivity contribution in [3.8, 4) is 5.69 Å². The lowest BCUT2D eigenvalue weighted by molar-refractivity contribution is -0.384. The molecule has 0 aliphatic heterocycles. The molecule has 0 radical (unpaired) electrons. The average Bonchev–Trinajstić information content (AvgIpc) is 2.74. The Hall–Kier alpha value is -2.40. The first-order valence-corrected chi connectivity index (χ1v) is 6.34. The van der Waals surface area contributed by atoms with Gasteiger partial charge in [0, 0.05) is 12.1 Å². The van der Waals surface area contributed by atoms with Crippen molar-refractivity contribution in [1.82, 2.24) is 9.55 Å². The molecular weight excluding hydrogens is 278 g/mol. The van der Waals surface area contributed by atoms with Crippen LogP contribution in [0.3, 0.4) is 0 Å². The van der Waals surface area contributed by atoms with Crippen molar-refractivity contribution >= 4 is 28.3 Å². The summed E-state index contributed by atoms with van der Waals surface area (Å²) in [6, 6.07) is 12.1. The summed E-state index contributed by atoms with van der Waals surface area (Å²) < 4.78 is 1.89. The minimum atomic E-state index is -0.464. The Labute approximate surface area is 119 Å². The Balaban J connectivity index is 2.26. The molecule has 0 fully saturated rings. The largest absolute Gasteiger partial charge is 0.295 e. The first-order valence-electron chi connectivity index (χ1n) is 5.96. The SMILES string of the molecule is Cc1nc2ccccc2n1-c1ccc([N+](=O)[O-])cc1Cl. The van der Waals surface area contributed by atoms with E-state index < -0.39 is 4.92 Å². The van der Waals surface area contributed by atoms with Crippen LogP contribution in [-0.4, -0.2) is 14.5 Å². The zero-order chi connectivity index (χ0) is 14.3. The number of halogens is 1. The Kier molecular flexibility index (Phi) is 2.91. The molecule has 0 bridgehead atoms. The molecule has 2 aromatic carbocycles. The maximum atomic E-state index is 10.8. The molecule has 1 aromatic heterocycles. The van der Waals surface area contributed by atoms with Crippen molar-refractivity contribution < 1.29 is 4.92 Å². The molecule has 0 saturated heterocycles. The lowest BCUT2D eigenvalue weighted by Gasteiger charge is -2.08. The van der Waals surface area contributed by atoms with Crippen LogP contribution in [0.15, 0.2) is 42.5 Å². The van der Waals surface area contributed by atoms with Crippen LogP contribution >= 0.6 is 11.6 Å². The summed E-state index contributed by atoms with van der Waals surface area (Å²) in [4.78, 5) is 14.8. The summed E-state index contributed by atoms with van der Waals surface area (Å²) in [7, 11) is 0. The number of benzene rings is 2. The van der Waals surface area contributed by atoms with E-state index in [9.17, 15) is 10.1 Å². The number of rotatable bonds is 2. The van der Waals surface area contributed by atoms with Crippen molar-refractivity contribution in [2.45, 2.75) is 6.92 Å². The Morgan fingerprint density at radius 2 is 2.00 bits per heavy atom. The third-order valence-electron chi connectivity index (χ3n) is 3.11. The number of para-hydroxylation sites is 2. The monoisotopic (exact) mass is 287 g/mol. The minimum absolute atomic E-state index is 0.0270. The third kappa shape index (κ3) is 1.92. The van der Waals surface area contributed by atoms with E-state index in [2.05, 4.69) is 4.98 Å². The van der Waals surface area contributed by atoms with Gasteiger partial charge < -0.3 is 0 Å². The van der Waals surface area contributed by atoms with Gasteiger partial charge >= 0.3 is 0 Å². The van der Waals surface area contributed by atoms with Crippen molar-refractivity contribution in [1.29, 1.82) is 0 Å².